The topological polar surface area (TPSA) is 40.5 Å². The van der Waals surface area contributed by atoms with E-state index in [1.54, 1.807) is 0 Å². The van der Waals surface area contributed by atoms with Crippen molar-refractivity contribution in [3.63, 3.8) is 0 Å². The third kappa shape index (κ3) is 9.27. The van der Waals surface area contributed by atoms with E-state index in [4.69, 9.17) is 16.7 Å². The van der Waals surface area contributed by atoms with Crippen molar-refractivity contribution >= 4 is 17.6 Å². The lowest BCUT2D eigenvalue weighted by molar-refractivity contribution is -0.132. The minimum absolute atomic E-state index is 0.145. The number of aliphatic carboxylic acids is 1. The first kappa shape index (κ1) is 19.7. The summed E-state index contributed by atoms with van der Waals surface area (Å²) in [7, 11) is 0. The van der Waals surface area contributed by atoms with Crippen molar-refractivity contribution in [1.29, 1.82) is 0 Å². The Kier molecular flexibility index (Phi) is 10.6. The van der Waals surface area contributed by atoms with Crippen molar-refractivity contribution in [2.24, 2.45) is 0 Å². The second-order valence-electron chi connectivity index (χ2n) is 4.78. The molecule has 118 valence electrons. The van der Waals surface area contributed by atoms with E-state index in [0.717, 1.165) is 26.1 Å². The van der Waals surface area contributed by atoms with Gasteiger partial charge in [0.25, 0.3) is 0 Å². The van der Waals surface area contributed by atoms with Crippen LogP contribution in [0.25, 0.3) is 0 Å². The maximum absolute atomic E-state index is 9.60. The van der Waals surface area contributed by atoms with Crippen LogP contribution in [-0.4, -0.2) is 35.6 Å². The highest BCUT2D eigenvalue weighted by Crippen LogP contribution is 2.23. The monoisotopic (exact) mass is 311 g/mol. The normalized spacial score (nSPS) is 11.5. The van der Waals surface area contributed by atoms with Gasteiger partial charge in [-0.1, -0.05) is 50.8 Å². The fourth-order valence-corrected chi connectivity index (χ4v) is 1.91. The van der Waals surface area contributed by atoms with Crippen molar-refractivity contribution in [1.82, 2.24) is 4.90 Å². The van der Waals surface area contributed by atoms with E-state index >= 15 is 0 Å². The minimum Gasteiger partial charge on any atom is -0.478 e. The number of alkyl halides is 1. The SMILES string of the molecule is C=C(C)C(=O)O.CCN(CC)CCC(Cl)c1ccccc1. The number of carbonyl (C=O) groups is 1. The van der Waals surface area contributed by atoms with Gasteiger partial charge >= 0.3 is 5.97 Å². The van der Waals surface area contributed by atoms with Crippen molar-refractivity contribution in [2.45, 2.75) is 32.6 Å². The van der Waals surface area contributed by atoms with E-state index in [0.29, 0.717) is 0 Å². The molecule has 0 aliphatic rings. The fraction of sp³-hybridized carbons (Fsp3) is 0.471. The van der Waals surface area contributed by atoms with Crippen LogP contribution in [-0.2, 0) is 4.79 Å². The summed E-state index contributed by atoms with van der Waals surface area (Å²) in [5, 5.41) is 8.04. The molecule has 21 heavy (non-hydrogen) atoms. The number of hydrogen-bond acceptors (Lipinski definition) is 2. The van der Waals surface area contributed by atoms with Crippen molar-refractivity contribution in [3.05, 3.63) is 48.0 Å². The lowest BCUT2D eigenvalue weighted by Crippen LogP contribution is -2.24. The number of benzene rings is 1. The molecule has 3 nitrogen and oxygen atoms in total. The molecule has 0 fully saturated rings. The number of nitrogens with zero attached hydrogens (tertiary/aromatic N) is 1. The van der Waals surface area contributed by atoms with Crippen molar-refractivity contribution in [3.8, 4) is 0 Å². The summed E-state index contributed by atoms with van der Waals surface area (Å²) in [6.07, 6.45) is 1.02. The first-order valence-corrected chi connectivity index (χ1v) is 7.66. The Hall–Kier alpha value is -1.32. The maximum Gasteiger partial charge on any atom is 0.330 e. The number of halogens is 1. The van der Waals surface area contributed by atoms with Gasteiger partial charge in [0.05, 0.1) is 5.38 Å². The zero-order chi connectivity index (χ0) is 16.3. The van der Waals surface area contributed by atoms with Gasteiger partial charge in [0.1, 0.15) is 0 Å². The predicted octanol–water partition coefficient (Wildman–Crippen LogP) is 4.35. The standard InChI is InChI=1S/C13H20ClN.C4H6O2/c1-3-15(4-2)11-10-13(14)12-8-6-5-7-9-12;1-3(2)4(5)6/h5-9,13H,3-4,10-11H2,1-2H3;1H2,2H3,(H,5,6). The third-order valence-electron chi connectivity index (χ3n) is 3.12. The Labute approximate surface area is 133 Å². The summed E-state index contributed by atoms with van der Waals surface area (Å²) in [5.41, 5.74) is 1.40. The van der Waals surface area contributed by atoms with Gasteiger partial charge in [-0.15, -0.1) is 11.6 Å². The Morgan fingerprint density at radius 1 is 1.29 bits per heavy atom. The molecule has 1 aromatic carbocycles. The van der Waals surface area contributed by atoms with Gasteiger partial charge in [-0.3, -0.25) is 0 Å². The molecular formula is C17H26ClNO2. The number of hydrogen-bond donors (Lipinski definition) is 1. The lowest BCUT2D eigenvalue weighted by Gasteiger charge is -2.19. The molecule has 4 heteroatoms. The molecule has 0 aromatic heterocycles. The van der Waals surface area contributed by atoms with Crippen molar-refractivity contribution < 1.29 is 9.90 Å². The van der Waals surface area contributed by atoms with Gasteiger partial charge in [0, 0.05) is 5.57 Å². The van der Waals surface area contributed by atoms with Crippen LogP contribution in [0.3, 0.4) is 0 Å². The van der Waals surface area contributed by atoms with Crippen LogP contribution in [0.5, 0.6) is 0 Å². The van der Waals surface area contributed by atoms with E-state index in [1.807, 2.05) is 18.2 Å². The van der Waals surface area contributed by atoms with Gasteiger partial charge in [0.2, 0.25) is 0 Å². The fourth-order valence-electron chi connectivity index (χ4n) is 1.66. The molecule has 1 aromatic rings. The predicted molar refractivity (Wildman–Crippen MR) is 89.9 cm³/mol. The van der Waals surface area contributed by atoms with Gasteiger partial charge in [-0.25, -0.2) is 4.79 Å². The van der Waals surface area contributed by atoms with E-state index < -0.39 is 5.97 Å². The zero-order valence-electron chi connectivity index (χ0n) is 13.2. The van der Waals surface area contributed by atoms with Gasteiger partial charge in [0.15, 0.2) is 0 Å². The van der Waals surface area contributed by atoms with Crippen LogP contribution in [0, 0.1) is 0 Å². The Bertz CT molecular complexity index is 404. The van der Waals surface area contributed by atoms with Gasteiger partial charge in [-0.2, -0.15) is 0 Å². The van der Waals surface area contributed by atoms with Crippen LogP contribution in [0.1, 0.15) is 38.1 Å². The summed E-state index contributed by atoms with van der Waals surface area (Å²) >= 11 is 6.34. The number of carboxylic acid groups (broad SMARTS) is 1. The summed E-state index contributed by atoms with van der Waals surface area (Å²) in [5.74, 6) is -0.935. The molecule has 0 saturated carbocycles. The highest BCUT2D eigenvalue weighted by atomic mass is 35.5. The third-order valence-corrected chi connectivity index (χ3v) is 3.59. The van der Waals surface area contributed by atoms with E-state index in [1.165, 1.54) is 12.5 Å². The summed E-state index contributed by atoms with van der Waals surface area (Å²) in [6.45, 7) is 12.3. The molecule has 0 saturated heterocycles. The molecule has 0 amide bonds. The molecule has 1 N–H and O–H groups in total. The molecule has 0 spiro atoms. The Morgan fingerprint density at radius 3 is 2.14 bits per heavy atom. The highest BCUT2D eigenvalue weighted by Gasteiger charge is 2.08. The molecule has 1 rings (SSSR count). The smallest absolute Gasteiger partial charge is 0.330 e. The molecule has 0 aliphatic heterocycles. The van der Waals surface area contributed by atoms with E-state index in [-0.39, 0.29) is 11.0 Å². The van der Waals surface area contributed by atoms with Crippen molar-refractivity contribution in [2.75, 3.05) is 19.6 Å². The Morgan fingerprint density at radius 2 is 1.76 bits per heavy atom. The van der Waals surface area contributed by atoms with Crippen LogP contribution in [0.2, 0.25) is 0 Å². The molecule has 0 bridgehead atoms. The first-order valence-electron chi connectivity index (χ1n) is 7.22. The quantitative estimate of drug-likeness (QED) is 0.601. The number of carboxylic acids is 1. The summed E-state index contributed by atoms with van der Waals surface area (Å²) in [4.78, 5) is 12.0. The minimum atomic E-state index is -0.935. The Balaban J connectivity index is 0.000000567. The summed E-state index contributed by atoms with van der Waals surface area (Å²) in [6, 6.07) is 10.3. The van der Waals surface area contributed by atoms with Crippen LogP contribution < -0.4 is 0 Å². The average molecular weight is 312 g/mol. The molecular weight excluding hydrogens is 286 g/mol. The maximum atomic E-state index is 9.60. The summed E-state index contributed by atoms with van der Waals surface area (Å²) < 4.78 is 0. The molecule has 0 radical (unpaired) electrons. The van der Waals surface area contributed by atoms with Gasteiger partial charge < -0.3 is 10.0 Å². The largest absolute Gasteiger partial charge is 0.478 e. The zero-order valence-corrected chi connectivity index (χ0v) is 13.9. The molecule has 1 unspecified atom stereocenters. The van der Waals surface area contributed by atoms with Crippen LogP contribution >= 0.6 is 11.6 Å². The van der Waals surface area contributed by atoms with Crippen LogP contribution in [0.4, 0.5) is 0 Å². The number of rotatable bonds is 7. The molecule has 0 heterocycles. The van der Waals surface area contributed by atoms with Gasteiger partial charge in [-0.05, 0) is 38.5 Å². The second-order valence-corrected chi connectivity index (χ2v) is 5.31. The average Bonchev–Trinajstić information content (AvgIpc) is 2.49. The van der Waals surface area contributed by atoms with E-state index in [2.05, 4.69) is 37.5 Å². The van der Waals surface area contributed by atoms with E-state index in [9.17, 15) is 4.79 Å². The molecule has 0 aliphatic carbocycles. The second kappa shape index (κ2) is 11.4. The molecule has 1 atom stereocenters. The van der Waals surface area contributed by atoms with Crippen LogP contribution in [0.15, 0.2) is 42.5 Å². The first-order chi connectivity index (χ1) is 9.92. The highest BCUT2D eigenvalue weighted by molar-refractivity contribution is 6.20. The lowest BCUT2D eigenvalue weighted by atomic mass is 10.1.